The number of carbonyl (C=O) groups excluding carboxylic acids is 1. The fourth-order valence-corrected chi connectivity index (χ4v) is 4.81. The Labute approximate surface area is 365 Å². The maximum absolute atomic E-state index is 13.2. The highest BCUT2D eigenvalue weighted by Crippen LogP contribution is 2.30. The number of pyridine rings is 2. The smallest absolute Gasteiger partial charge is 0.475 e. The van der Waals surface area contributed by atoms with Gasteiger partial charge in [-0.15, -0.1) is 0 Å². The van der Waals surface area contributed by atoms with E-state index in [2.05, 4.69) is 40.8 Å². The second-order valence-corrected chi connectivity index (χ2v) is 12.8. The van der Waals surface area contributed by atoms with Crippen molar-refractivity contribution in [2.45, 2.75) is 37.5 Å². The van der Waals surface area contributed by atoms with Gasteiger partial charge in [0.1, 0.15) is 5.02 Å². The summed E-state index contributed by atoms with van der Waals surface area (Å²) >= 11 is 6.37. The summed E-state index contributed by atoms with van der Waals surface area (Å²) in [7, 11) is 0. The van der Waals surface area contributed by atoms with Crippen molar-refractivity contribution in [3.05, 3.63) is 83.5 Å². The van der Waals surface area contributed by atoms with E-state index >= 15 is 0 Å². The van der Waals surface area contributed by atoms with E-state index in [4.69, 9.17) is 51.2 Å². The number of aliphatic carboxylic acids is 4. The summed E-state index contributed by atoms with van der Waals surface area (Å²) in [5.41, 5.74) is 5.58. The number of carboxylic acids is 4. The van der Waals surface area contributed by atoms with Gasteiger partial charge in [0.15, 0.2) is 5.82 Å². The summed E-state index contributed by atoms with van der Waals surface area (Å²) in [5, 5.41) is 38.5. The number of rotatable bonds is 2. The molecule has 0 aliphatic carbocycles. The van der Waals surface area contributed by atoms with E-state index in [-0.39, 0.29) is 6.03 Å². The van der Waals surface area contributed by atoms with Crippen molar-refractivity contribution in [1.82, 2.24) is 24.8 Å². The number of alkyl halides is 12. The molecule has 2 aliphatic rings. The van der Waals surface area contributed by atoms with Crippen LogP contribution in [0.2, 0.25) is 5.02 Å². The molecule has 0 saturated carbocycles. The molecule has 4 aromatic rings. The number of anilines is 6. The van der Waals surface area contributed by atoms with Crippen LogP contribution in [0, 0.1) is 0 Å². The van der Waals surface area contributed by atoms with Crippen molar-refractivity contribution in [3.63, 3.8) is 0 Å². The largest absolute Gasteiger partial charge is 0.490 e. The Kier molecular flexibility index (Phi) is 19.5. The third-order valence-corrected chi connectivity index (χ3v) is 7.93. The minimum absolute atomic E-state index is 0.101. The van der Waals surface area contributed by atoms with Gasteiger partial charge in [-0.25, -0.2) is 29.0 Å². The molecule has 360 valence electrons. The third-order valence-electron chi connectivity index (χ3n) is 7.65. The minimum atomic E-state index is -5.08. The summed E-state index contributed by atoms with van der Waals surface area (Å²) < 4.78 is 127. The van der Waals surface area contributed by atoms with Gasteiger partial charge in [0.25, 0.3) is 0 Å². The first-order chi connectivity index (χ1) is 30.4. The van der Waals surface area contributed by atoms with Crippen LogP contribution in [0.15, 0.2) is 67.4 Å². The Hall–Kier alpha value is -7.40. The lowest BCUT2D eigenvalue weighted by atomic mass is 10.0. The SMILES string of the molecule is O=C(Nc1ccc2cc1CCc1cncc(c1)Nc1ncc(Cl)c(n1)N2)N1CCN(c2ccncc2)CC1.O=C(O)C(F)(F)F.O=C(O)C(F)(F)F.O=C(O)C(F)(F)F.O=C(O)C(F)(F)F. The van der Waals surface area contributed by atoms with Gasteiger partial charge < -0.3 is 46.2 Å². The lowest BCUT2D eigenvalue weighted by Crippen LogP contribution is -2.50. The highest BCUT2D eigenvalue weighted by atomic mass is 35.5. The average Bonchev–Trinajstić information content (AvgIpc) is 3.22. The van der Waals surface area contributed by atoms with Gasteiger partial charge in [0.05, 0.1) is 18.1 Å². The molecule has 6 bridgehead atoms. The number of benzene rings is 1. The summed E-state index contributed by atoms with van der Waals surface area (Å²) in [6.07, 6.45) is -10.2. The molecular formula is C35H30ClF12N9O9. The van der Waals surface area contributed by atoms with E-state index in [9.17, 15) is 57.5 Å². The number of urea groups is 1. The number of nitrogens with zero attached hydrogens (tertiary/aromatic N) is 6. The molecule has 1 fully saturated rings. The zero-order chi connectivity index (χ0) is 50.2. The Morgan fingerprint density at radius 3 is 1.61 bits per heavy atom. The van der Waals surface area contributed by atoms with Crippen molar-refractivity contribution in [2.24, 2.45) is 0 Å². The van der Waals surface area contributed by atoms with Gasteiger partial charge in [-0.3, -0.25) is 9.97 Å². The van der Waals surface area contributed by atoms with Crippen LogP contribution in [0.3, 0.4) is 0 Å². The second kappa shape index (κ2) is 23.5. The first-order valence-corrected chi connectivity index (χ1v) is 17.8. The number of nitrogens with one attached hydrogen (secondary N) is 3. The fourth-order valence-electron chi connectivity index (χ4n) is 4.67. The molecule has 5 heterocycles. The fraction of sp³-hybridized carbons (Fsp3) is 0.286. The van der Waals surface area contributed by atoms with Crippen molar-refractivity contribution >= 4 is 76.0 Å². The van der Waals surface area contributed by atoms with E-state index in [1.54, 1.807) is 24.8 Å². The summed E-state index contributed by atoms with van der Waals surface area (Å²) in [6, 6.07) is 11.8. The quantitative estimate of drug-likeness (QED) is 0.0966. The van der Waals surface area contributed by atoms with E-state index < -0.39 is 48.6 Å². The number of fused-ring (bicyclic) bond motifs is 6. The molecule has 1 saturated heterocycles. The Morgan fingerprint density at radius 1 is 0.621 bits per heavy atom. The second-order valence-electron chi connectivity index (χ2n) is 12.4. The molecule has 6 rings (SSSR count). The Balaban J connectivity index is 0.000000434. The molecule has 0 atom stereocenters. The van der Waals surface area contributed by atoms with Crippen molar-refractivity contribution < 1.29 is 97.1 Å². The molecule has 66 heavy (non-hydrogen) atoms. The zero-order valence-electron chi connectivity index (χ0n) is 32.5. The highest BCUT2D eigenvalue weighted by molar-refractivity contribution is 6.32. The maximum atomic E-state index is 13.2. The lowest BCUT2D eigenvalue weighted by molar-refractivity contribution is -0.193. The third kappa shape index (κ3) is 19.1. The molecule has 1 aromatic carbocycles. The number of carbonyl (C=O) groups is 5. The molecule has 0 unspecified atom stereocenters. The molecule has 0 spiro atoms. The predicted molar refractivity (Wildman–Crippen MR) is 203 cm³/mol. The highest BCUT2D eigenvalue weighted by Gasteiger charge is 2.40. The van der Waals surface area contributed by atoms with Crippen molar-refractivity contribution in [3.8, 4) is 0 Å². The molecule has 31 heteroatoms. The first-order valence-electron chi connectivity index (χ1n) is 17.4. The minimum Gasteiger partial charge on any atom is -0.475 e. The van der Waals surface area contributed by atoms with Crippen LogP contribution in [-0.2, 0) is 32.0 Å². The maximum Gasteiger partial charge on any atom is 0.490 e. The number of halogens is 13. The standard InChI is InChI=1S/C27H26ClN9O.4C2HF3O2/c28-23-17-31-26-33-21-13-18(15-30-16-21)1-2-19-14-20(32-25(23)35-26)3-4-24(19)34-27(38)37-11-9-36(10-12-37)22-5-7-29-8-6-22;4*3-2(4,5)1(6)7/h3-8,13-17H,1-2,9-12H2,(H,34,38)(H2,31,32,33,35);4*(H,6,7). The molecule has 18 nitrogen and oxygen atoms in total. The predicted octanol–water partition coefficient (Wildman–Crippen LogP) is 7.39. The molecule has 2 amide bonds. The van der Waals surface area contributed by atoms with E-state index in [1.807, 2.05) is 47.5 Å². The number of piperazine rings is 1. The zero-order valence-corrected chi connectivity index (χ0v) is 33.3. The van der Waals surface area contributed by atoms with Crippen LogP contribution >= 0.6 is 11.6 Å². The summed E-state index contributed by atoms with van der Waals surface area (Å²) in [4.78, 5) is 70.2. The summed E-state index contributed by atoms with van der Waals surface area (Å²) in [6.45, 7) is 2.82. The van der Waals surface area contributed by atoms with Gasteiger partial charge in [-0.2, -0.15) is 57.7 Å². The number of carboxylic acid groups (broad SMARTS) is 4. The van der Waals surface area contributed by atoms with E-state index in [0.717, 1.165) is 53.4 Å². The number of amides is 2. The monoisotopic (exact) mass is 983 g/mol. The van der Waals surface area contributed by atoms with Gasteiger partial charge in [-0.05, 0) is 60.4 Å². The van der Waals surface area contributed by atoms with E-state index in [1.165, 1.54) is 0 Å². The van der Waals surface area contributed by atoms with Crippen molar-refractivity contribution in [1.29, 1.82) is 0 Å². The van der Waals surface area contributed by atoms with Gasteiger partial charge in [-0.1, -0.05) is 11.6 Å². The summed E-state index contributed by atoms with van der Waals surface area (Å²) in [5.74, 6) is -10.1. The number of hydrogen-bond acceptors (Lipinski definition) is 12. The van der Waals surface area contributed by atoms with Crippen LogP contribution in [0.5, 0.6) is 0 Å². The van der Waals surface area contributed by atoms with Crippen LogP contribution in [0.4, 0.5) is 92.0 Å². The van der Waals surface area contributed by atoms with Gasteiger partial charge in [0, 0.05) is 61.8 Å². The number of hydrogen-bond donors (Lipinski definition) is 7. The van der Waals surface area contributed by atoms with Crippen LogP contribution in [0.1, 0.15) is 11.1 Å². The van der Waals surface area contributed by atoms with Crippen LogP contribution in [-0.4, -0.2) is 126 Å². The first kappa shape index (κ1) is 54.7. The van der Waals surface area contributed by atoms with Crippen LogP contribution in [0.25, 0.3) is 0 Å². The lowest BCUT2D eigenvalue weighted by Gasteiger charge is -2.36. The Bertz CT molecular complexity index is 2200. The van der Waals surface area contributed by atoms with Gasteiger partial charge in [0.2, 0.25) is 5.95 Å². The van der Waals surface area contributed by atoms with Crippen molar-refractivity contribution in [2.75, 3.05) is 47.0 Å². The molecular weight excluding hydrogens is 954 g/mol. The van der Waals surface area contributed by atoms with E-state index in [0.29, 0.717) is 36.3 Å². The van der Waals surface area contributed by atoms with Crippen LogP contribution < -0.4 is 20.9 Å². The molecule has 3 aromatic heterocycles. The van der Waals surface area contributed by atoms with Gasteiger partial charge >= 0.3 is 54.6 Å². The topological polar surface area (TPSA) is 260 Å². The average molecular weight is 984 g/mol. The molecule has 2 aliphatic heterocycles. The number of aryl methyl sites for hydroxylation is 2. The molecule has 7 N–H and O–H groups in total. The Morgan fingerprint density at radius 2 is 1.12 bits per heavy atom. The number of aromatic nitrogens is 4. The normalized spacial score (nSPS) is 13.3. The molecule has 0 radical (unpaired) electrons.